The second-order valence-electron chi connectivity index (χ2n) is 4.44. The first kappa shape index (κ1) is 10.3. The second kappa shape index (κ2) is 4.11. The van der Waals surface area contributed by atoms with E-state index in [4.69, 9.17) is 8.83 Å². The normalized spacial score (nSPS) is 11.9. The SMILES string of the molecule is C[Si](C)(CCc1ccco1)c1ccco1. The van der Waals surface area contributed by atoms with Gasteiger partial charge in [-0.3, -0.25) is 0 Å². The summed E-state index contributed by atoms with van der Waals surface area (Å²) in [6, 6.07) is 9.20. The Morgan fingerprint density at radius 2 is 1.80 bits per heavy atom. The highest BCUT2D eigenvalue weighted by Crippen LogP contribution is 2.15. The van der Waals surface area contributed by atoms with Gasteiger partial charge in [-0.05, 0) is 30.3 Å². The molecule has 0 atom stereocenters. The molecule has 0 fully saturated rings. The lowest BCUT2D eigenvalue weighted by Gasteiger charge is -2.18. The zero-order chi connectivity index (χ0) is 10.7. The summed E-state index contributed by atoms with van der Waals surface area (Å²) >= 11 is 0. The first-order chi connectivity index (χ1) is 7.18. The molecule has 3 heteroatoms. The molecule has 0 N–H and O–H groups in total. The fraction of sp³-hybridized carbons (Fsp3) is 0.333. The van der Waals surface area contributed by atoms with Crippen molar-refractivity contribution in [1.29, 1.82) is 0 Å². The van der Waals surface area contributed by atoms with Gasteiger partial charge in [0.25, 0.3) is 0 Å². The van der Waals surface area contributed by atoms with Crippen LogP contribution in [0.25, 0.3) is 0 Å². The summed E-state index contributed by atoms with van der Waals surface area (Å²) in [6.45, 7) is 4.66. The maximum atomic E-state index is 5.50. The van der Waals surface area contributed by atoms with E-state index in [1.165, 1.54) is 5.38 Å². The fourth-order valence-electron chi connectivity index (χ4n) is 1.68. The van der Waals surface area contributed by atoms with Crippen molar-refractivity contribution in [2.24, 2.45) is 0 Å². The van der Waals surface area contributed by atoms with Crippen molar-refractivity contribution in [3.63, 3.8) is 0 Å². The van der Waals surface area contributed by atoms with Gasteiger partial charge in [0.1, 0.15) is 13.8 Å². The molecule has 80 valence electrons. The standard InChI is InChI=1S/C12H16O2Si/c1-15(2,12-6-4-9-14-12)10-7-11-5-3-8-13-11/h3-6,8-9H,7,10H2,1-2H3. The zero-order valence-corrected chi connectivity index (χ0v) is 10.2. The Morgan fingerprint density at radius 1 is 1.07 bits per heavy atom. The molecule has 2 aromatic rings. The van der Waals surface area contributed by atoms with Gasteiger partial charge in [0.15, 0.2) is 0 Å². The van der Waals surface area contributed by atoms with Crippen LogP contribution in [0.15, 0.2) is 45.6 Å². The third kappa shape index (κ3) is 2.42. The van der Waals surface area contributed by atoms with E-state index in [1.807, 2.05) is 18.2 Å². The lowest BCUT2D eigenvalue weighted by atomic mass is 10.4. The van der Waals surface area contributed by atoms with Crippen LogP contribution in [0.3, 0.4) is 0 Å². The molecule has 2 heterocycles. The summed E-state index contributed by atoms with van der Waals surface area (Å²) < 4.78 is 10.8. The summed E-state index contributed by atoms with van der Waals surface area (Å²) in [5, 5.41) is 1.18. The zero-order valence-electron chi connectivity index (χ0n) is 9.19. The Bertz CT molecular complexity index is 387. The van der Waals surface area contributed by atoms with E-state index >= 15 is 0 Å². The van der Waals surface area contributed by atoms with Gasteiger partial charge in [0.2, 0.25) is 0 Å². The summed E-state index contributed by atoms with van der Waals surface area (Å²) in [6.07, 6.45) is 4.50. The van der Waals surface area contributed by atoms with E-state index in [0.29, 0.717) is 0 Å². The van der Waals surface area contributed by atoms with E-state index in [0.717, 1.165) is 18.2 Å². The molecule has 0 amide bonds. The molecule has 0 aliphatic rings. The van der Waals surface area contributed by atoms with Gasteiger partial charge in [-0.15, -0.1) is 0 Å². The van der Waals surface area contributed by atoms with Crippen molar-refractivity contribution < 1.29 is 8.83 Å². The van der Waals surface area contributed by atoms with Crippen molar-refractivity contribution in [2.75, 3.05) is 0 Å². The smallest absolute Gasteiger partial charge is 0.126 e. The molecule has 0 bridgehead atoms. The van der Waals surface area contributed by atoms with Gasteiger partial charge in [0.05, 0.1) is 17.9 Å². The minimum atomic E-state index is -1.41. The van der Waals surface area contributed by atoms with E-state index in [9.17, 15) is 0 Å². The summed E-state index contributed by atoms with van der Waals surface area (Å²) in [5.74, 6) is 1.07. The van der Waals surface area contributed by atoms with Crippen molar-refractivity contribution >= 4 is 13.5 Å². The van der Waals surface area contributed by atoms with Gasteiger partial charge < -0.3 is 8.83 Å². The average Bonchev–Trinajstić information content (AvgIpc) is 2.88. The molecular weight excluding hydrogens is 204 g/mol. The van der Waals surface area contributed by atoms with Crippen LogP contribution in [-0.2, 0) is 6.42 Å². The average molecular weight is 220 g/mol. The maximum Gasteiger partial charge on any atom is 0.126 e. The van der Waals surface area contributed by atoms with Gasteiger partial charge in [-0.2, -0.15) is 0 Å². The molecule has 0 saturated heterocycles. The topological polar surface area (TPSA) is 26.3 Å². The summed E-state index contributed by atoms with van der Waals surface area (Å²) in [7, 11) is -1.41. The summed E-state index contributed by atoms with van der Waals surface area (Å²) in [5.41, 5.74) is 0. The molecule has 2 rings (SSSR count). The molecule has 0 aliphatic heterocycles. The molecule has 0 radical (unpaired) electrons. The molecule has 0 aromatic carbocycles. The van der Waals surface area contributed by atoms with Gasteiger partial charge in [-0.25, -0.2) is 0 Å². The summed E-state index contributed by atoms with van der Waals surface area (Å²) in [4.78, 5) is 0. The van der Waals surface area contributed by atoms with Crippen LogP contribution in [0.1, 0.15) is 5.76 Å². The van der Waals surface area contributed by atoms with Crippen molar-refractivity contribution in [2.45, 2.75) is 25.6 Å². The van der Waals surface area contributed by atoms with Gasteiger partial charge in [0, 0.05) is 6.42 Å². The lowest BCUT2D eigenvalue weighted by molar-refractivity contribution is 0.515. The van der Waals surface area contributed by atoms with E-state index < -0.39 is 8.07 Å². The van der Waals surface area contributed by atoms with Crippen molar-refractivity contribution in [1.82, 2.24) is 0 Å². The first-order valence-electron chi connectivity index (χ1n) is 5.25. The highest BCUT2D eigenvalue weighted by Gasteiger charge is 2.26. The fourth-order valence-corrected chi connectivity index (χ4v) is 3.73. The maximum absolute atomic E-state index is 5.50. The Morgan fingerprint density at radius 3 is 2.40 bits per heavy atom. The number of hydrogen-bond acceptors (Lipinski definition) is 2. The lowest BCUT2D eigenvalue weighted by Crippen LogP contribution is -2.40. The van der Waals surface area contributed by atoms with Crippen LogP contribution in [0, 0.1) is 0 Å². The highest BCUT2D eigenvalue weighted by molar-refractivity contribution is 6.88. The van der Waals surface area contributed by atoms with Crippen molar-refractivity contribution in [3.05, 3.63) is 42.6 Å². The molecule has 0 spiro atoms. The molecule has 0 saturated carbocycles. The molecule has 15 heavy (non-hydrogen) atoms. The predicted octanol–water partition coefficient (Wildman–Crippen LogP) is 3.03. The minimum Gasteiger partial charge on any atom is -0.475 e. The molecule has 0 aliphatic carbocycles. The molecule has 2 aromatic heterocycles. The number of aryl methyl sites for hydroxylation is 1. The Labute approximate surface area is 90.9 Å². The third-order valence-corrected chi connectivity index (χ3v) is 5.88. The Kier molecular flexibility index (Phi) is 2.82. The minimum absolute atomic E-state index is 1.01. The van der Waals surface area contributed by atoms with Crippen LogP contribution < -0.4 is 5.38 Å². The van der Waals surface area contributed by atoms with E-state index in [1.54, 1.807) is 12.5 Å². The van der Waals surface area contributed by atoms with E-state index in [-0.39, 0.29) is 0 Å². The number of hydrogen-bond donors (Lipinski definition) is 0. The Balaban J connectivity index is 1.99. The Hall–Kier alpha value is -1.22. The van der Waals surface area contributed by atoms with Crippen LogP contribution in [0.2, 0.25) is 19.1 Å². The largest absolute Gasteiger partial charge is 0.475 e. The quantitative estimate of drug-likeness (QED) is 0.740. The molecule has 2 nitrogen and oxygen atoms in total. The monoisotopic (exact) mass is 220 g/mol. The van der Waals surface area contributed by atoms with E-state index in [2.05, 4.69) is 19.2 Å². The van der Waals surface area contributed by atoms with Crippen LogP contribution in [0.5, 0.6) is 0 Å². The van der Waals surface area contributed by atoms with Gasteiger partial charge >= 0.3 is 0 Å². The van der Waals surface area contributed by atoms with Crippen molar-refractivity contribution in [3.8, 4) is 0 Å². The number of rotatable bonds is 4. The first-order valence-corrected chi connectivity index (χ1v) is 8.45. The highest BCUT2D eigenvalue weighted by atomic mass is 28.3. The number of furan rings is 2. The molecular formula is C12H16O2Si. The third-order valence-electron chi connectivity index (χ3n) is 2.76. The molecule has 0 unspecified atom stereocenters. The van der Waals surface area contributed by atoms with Crippen LogP contribution in [-0.4, -0.2) is 8.07 Å². The van der Waals surface area contributed by atoms with Crippen LogP contribution in [0.4, 0.5) is 0 Å². The predicted molar refractivity (Wildman–Crippen MR) is 63.0 cm³/mol. The van der Waals surface area contributed by atoms with Crippen LogP contribution >= 0.6 is 0 Å². The van der Waals surface area contributed by atoms with Gasteiger partial charge in [-0.1, -0.05) is 13.1 Å². The second-order valence-corrected chi connectivity index (χ2v) is 9.20.